The molecule has 45 heavy (non-hydrogen) atoms. The Labute approximate surface area is 267 Å². The van der Waals surface area contributed by atoms with Crippen molar-refractivity contribution >= 4 is 51.5 Å². The monoisotopic (exact) mass is 582 g/mol. The van der Waals surface area contributed by atoms with Gasteiger partial charge in [-0.1, -0.05) is 106 Å². The lowest BCUT2D eigenvalue weighted by Crippen LogP contribution is -2.64. The molecule has 10 rings (SSSR count). The second-order valence-electron chi connectivity index (χ2n) is 15.3. The largest absolute Gasteiger partial charge is 0.335 e. The molecule has 0 radical (unpaired) electrons. The van der Waals surface area contributed by atoms with E-state index in [1.54, 1.807) is 5.56 Å². The molecule has 2 atom stereocenters. The molecule has 1 saturated carbocycles. The zero-order valence-corrected chi connectivity index (χ0v) is 27.0. The summed E-state index contributed by atoms with van der Waals surface area (Å²) < 4.78 is 0. The first-order chi connectivity index (χ1) is 21.8. The van der Waals surface area contributed by atoms with Gasteiger partial charge >= 0.3 is 0 Å². The molecule has 0 bridgehead atoms. The molecule has 2 aliphatic carbocycles. The highest BCUT2D eigenvalue weighted by molar-refractivity contribution is 7.00. The summed E-state index contributed by atoms with van der Waals surface area (Å²) in [6, 6.07) is 37.4. The van der Waals surface area contributed by atoms with Crippen LogP contribution in [0.1, 0.15) is 75.6 Å². The summed E-state index contributed by atoms with van der Waals surface area (Å²) in [7, 11) is 0. The van der Waals surface area contributed by atoms with Crippen LogP contribution in [-0.4, -0.2) is 12.3 Å². The van der Waals surface area contributed by atoms with Crippen molar-refractivity contribution in [3.05, 3.63) is 119 Å². The van der Waals surface area contributed by atoms with Crippen LogP contribution in [0.3, 0.4) is 0 Å². The van der Waals surface area contributed by atoms with Crippen molar-refractivity contribution in [2.45, 2.75) is 76.7 Å². The third-order valence-electron chi connectivity index (χ3n) is 12.8. The fourth-order valence-electron chi connectivity index (χ4n) is 10.6. The Morgan fingerprint density at radius 1 is 0.644 bits per heavy atom. The summed E-state index contributed by atoms with van der Waals surface area (Å²) in [5, 5.41) is 0. The highest BCUT2D eigenvalue weighted by atomic mass is 15.3. The van der Waals surface area contributed by atoms with Gasteiger partial charge in [0.2, 0.25) is 0 Å². The summed E-state index contributed by atoms with van der Waals surface area (Å²) >= 11 is 0. The van der Waals surface area contributed by atoms with E-state index in [9.17, 15) is 0 Å². The van der Waals surface area contributed by atoms with Gasteiger partial charge in [0.15, 0.2) is 0 Å². The summed E-state index contributed by atoms with van der Waals surface area (Å²) in [5.41, 5.74) is 19.9. The number of fused-ring (bicyclic) bond motifs is 11. The second kappa shape index (κ2) is 8.32. The van der Waals surface area contributed by atoms with Gasteiger partial charge < -0.3 is 9.80 Å². The quantitative estimate of drug-likeness (QED) is 0.179. The van der Waals surface area contributed by atoms with Gasteiger partial charge in [0.1, 0.15) is 0 Å². The third-order valence-corrected chi connectivity index (χ3v) is 12.8. The summed E-state index contributed by atoms with van der Waals surface area (Å²) in [5.74, 6) is 0. The molecule has 0 N–H and O–H groups in total. The fraction of sp³-hybridized carbons (Fsp3) is 0.286. The van der Waals surface area contributed by atoms with E-state index in [2.05, 4.69) is 141 Å². The van der Waals surface area contributed by atoms with E-state index in [0.717, 1.165) is 0 Å². The van der Waals surface area contributed by atoms with E-state index in [1.807, 2.05) is 0 Å². The first kappa shape index (κ1) is 26.0. The normalized spacial score (nSPS) is 24.0. The summed E-state index contributed by atoms with van der Waals surface area (Å²) in [6.07, 6.45) is 5.08. The summed E-state index contributed by atoms with van der Waals surface area (Å²) in [6.45, 7) is 12.5. The zero-order valence-electron chi connectivity index (χ0n) is 27.0. The molecule has 0 saturated heterocycles. The number of anilines is 5. The Bertz CT molecular complexity index is 2110. The van der Waals surface area contributed by atoms with Gasteiger partial charge in [-0.05, 0) is 101 Å². The van der Waals surface area contributed by atoms with Crippen LogP contribution in [0.15, 0.2) is 97.1 Å². The number of rotatable bonds is 1. The average molecular weight is 583 g/mol. The van der Waals surface area contributed by atoms with Crippen LogP contribution in [0.25, 0.3) is 11.1 Å². The first-order valence-electron chi connectivity index (χ1n) is 17.0. The van der Waals surface area contributed by atoms with Gasteiger partial charge in [-0.25, -0.2) is 0 Å². The molecule has 2 unspecified atom stereocenters. The topological polar surface area (TPSA) is 6.48 Å². The molecule has 1 fully saturated rings. The number of hydrogen-bond donors (Lipinski definition) is 0. The van der Waals surface area contributed by atoms with E-state index >= 15 is 0 Å². The molecule has 220 valence electrons. The highest BCUT2D eigenvalue weighted by Crippen LogP contribution is 2.62. The molecule has 5 aliphatic rings. The predicted molar refractivity (Wildman–Crippen MR) is 191 cm³/mol. The Kier molecular flexibility index (Phi) is 4.81. The minimum absolute atomic E-state index is 0.0512. The van der Waals surface area contributed by atoms with Crippen molar-refractivity contribution in [1.29, 1.82) is 0 Å². The third kappa shape index (κ3) is 2.90. The first-order valence-corrected chi connectivity index (χ1v) is 17.0. The van der Waals surface area contributed by atoms with Crippen LogP contribution < -0.4 is 26.2 Å². The average Bonchev–Trinajstić information content (AvgIpc) is 3.41. The molecular formula is C42H39BN2. The SMILES string of the molecule is Cc1cc2c3c(c1)N1c4c(cccc4C4(C)CCCCC14C)B3c1ccc3c(c1N2c1ccccc1)C(C)(C)c1ccccc1-3. The van der Waals surface area contributed by atoms with Gasteiger partial charge in [0.25, 0.3) is 6.71 Å². The molecule has 3 heterocycles. The lowest BCUT2D eigenvalue weighted by Gasteiger charge is -2.53. The van der Waals surface area contributed by atoms with Crippen molar-refractivity contribution in [3.8, 4) is 11.1 Å². The molecule has 3 aliphatic heterocycles. The molecule has 0 amide bonds. The Balaban J connectivity index is 1.36. The lowest BCUT2D eigenvalue weighted by atomic mass is 9.33. The number of benzene rings is 5. The van der Waals surface area contributed by atoms with E-state index in [0.29, 0.717) is 0 Å². The van der Waals surface area contributed by atoms with Crippen molar-refractivity contribution in [2.75, 3.05) is 9.80 Å². The maximum absolute atomic E-state index is 2.83. The van der Waals surface area contributed by atoms with Crippen LogP contribution >= 0.6 is 0 Å². The molecule has 0 aromatic heterocycles. The number of aryl methyl sites for hydroxylation is 1. The van der Waals surface area contributed by atoms with E-state index < -0.39 is 0 Å². The maximum Gasteiger partial charge on any atom is 0.252 e. The van der Waals surface area contributed by atoms with Gasteiger partial charge in [-0.2, -0.15) is 0 Å². The van der Waals surface area contributed by atoms with Crippen LogP contribution in [0, 0.1) is 6.92 Å². The van der Waals surface area contributed by atoms with Gasteiger partial charge in [-0.3, -0.25) is 0 Å². The molecule has 3 heteroatoms. The smallest absolute Gasteiger partial charge is 0.252 e. The van der Waals surface area contributed by atoms with Crippen molar-refractivity contribution in [2.24, 2.45) is 0 Å². The minimum atomic E-state index is -0.121. The van der Waals surface area contributed by atoms with Gasteiger partial charge in [-0.15, -0.1) is 0 Å². The Morgan fingerprint density at radius 3 is 2.20 bits per heavy atom. The molecule has 2 nitrogen and oxygen atoms in total. The van der Waals surface area contributed by atoms with Crippen LogP contribution in [0.5, 0.6) is 0 Å². The molecule has 5 aromatic carbocycles. The lowest BCUT2D eigenvalue weighted by molar-refractivity contribution is 0.195. The van der Waals surface area contributed by atoms with Crippen molar-refractivity contribution < 1.29 is 0 Å². The van der Waals surface area contributed by atoms with E-state index in [4.69, 9.17) is 0 Å². The Hall–Kier alpha value is -4.24. The van der Waals surface area contributed by atoms with Crippen LogP contribution in [0.2, 0.25) is 0 Å². The molecule has 5 aromatic rings. The minimum Gasteiger partial charge on any atom is -0.335 e. The number of hydrogen-bond acceptors (Lipinski definition) is 2. The number of nitrogens with zero attached hydrogens (tertiary/aromatic N) is 2. The zero-order chi connectivity index (χ0) is 30.5. The maximum atomic E-state index is 2.83. The van der Waals surface area contributed by atoms with Crippen LogP contribution in [-0.2, 0) is 10.8 Å². The Morgan fingerprint density at radius 2 is 1.36 bits per heavy atom. The van der Waals surface area contributed by atoms with E-state index in [1.165, 1.54) is 98.3 Å². The number of para-hydroxylation sites is 2. The predicted octanol–water partition coefficient (Wildman–Crippen LogP) is 8.66. The van der Waals surface area contributed by atoms with Crippen molar-refractivity contribution in [3.63, 3.8) is 0 Å². The van der Waals surface area contributed by atoms with Crippen LogP contribution in [0.4, 0.5) is 28.4 Å². The van der Waals surface area contributed by atoms with E-state index in [-0.39, 0.29) is 23.1 Å². The standard InChI is InChI=1S/C42H39BN2/c1-26-24-34-37-35(25-26)45-38-31(41(4)22-11-12-23-42(41,45)5)18-13-19-32(38)43(37)33-21-20-29-28-16-9-10-17-30(28)40(2,3)36(29)39(33)44(34)27-14-7-6-8-15-27/h6-10,13-21,24-25H,11-12,22-23H2,1-5H3. The summed E-state index contributed by atoms with van der Waals surface area (Å²) in [4.78, 5) is 5.47. The van der Waals surface area contributed by atoms with Gasteiger partial charge in [0.05, 0.1) is 5.54 Å². The second-order valence-corrected chi connectivity index (χ2v) is 15.3. The highest BCUT2D eigenvalue weighted by Gasteiger charge is 2.61. The fourth-order valence-corrected chi connectivity index (χ4v) is 10.6. The van der Waals surface area contributed by atoms with Crippen molar-refractivity contribution in [1.82, 2.24) is 0 Å². The molecule has 0 spiro atoms. The van der Waals surface area contributed by atoms with Gasteiger partial charge in [0, 0.05) is 39.3 Å². The molecular weight excluding hydrogens is 543 g/mol.